The first kappa shape index (κ1) is 20.4. The van der Waals surface area contributed by atoms with Crippen molar-refractivity contribution in [2.45, 2.75) is 13.2 Å². The van der Waals surface area contributed by atoms with Crippen LogP contribution in [0.15, 0.2) is 65.7 Å². The van der Waals surface area contributed by atoms with Gasteiger partial charge in [-0.1, -0.05) is 30.3 Å². The molecule has 4 heterocycles. The van der Waals surface area contributed by atoms with Gasteiger partial charge in [-0.3, -0.25) is 4.98 Å². The normalized spacial score (nSPS) is 11.2. The second-order valence-corrected chi connectivity index (χ2v) is 7.22. The highest BCUT2D eigenvalue weighted by atomic mass is 19.1. The predicted molar refractivity (Wildman–Crippen MR) is 117 cm³/mol. The number of halogens is 1. The molecular formula is C22H17FN8O2. The van der Waals surface area contributed by atoms with Crippen molar-refractivity contribution in [3.05, 3.63) is 88.6 Å². The lowest BCUT2D eigenvalue weighted by Crippen LogP contribution is -2.24. The van der Waals surface area contributed by atoms with Crippen LogP contribution in [0.5, 0.6) is 0 Å². The fourth-order valence-electron chi connectivity index (χ4n) is 3.55. The van der Waals surface area contributed by atoms with E-state index in [0.717, 1.165) is 11.8 Å². The third-order valence-electron chi connectivity index (χ3n) is 5.06. The van der Waals surface area contributed by atoms with Crippen molar-refractivity contribution in [3.8, 4) is 22.4 Å². The van der Waals surface area contributed by atoms with Gasteiger partial charge in [0, 0.05) is 11.1 Å². The van der Waals surface area contributed by atoms with Crippen LogP contribution in [0.4, 0.5) is 10.3 Å². The molecule has 0 aliphatic heterocycles. The molecule has 10 nitrogen and oxygen atoms in total. The Hall–Kier alpha value is -4.51. The monoisotopic (exact) mass is 444 g/mol. The standard InChI is InChI=1S/C22H17FN8O2/c23-15-6-7-16(25-10-15)11-30-22(33)31-20(29-30)18(14-8-17(12-32)28-26-9-14)19(27-21(31)24)13-4-2-1-3-5-13/h1-10,32H,11-12H2,(H2,24,27). The average molecular weight is 444 g/mol. The molecule has 1 aromatic carbocycles. The fourth-order valence-corrected chi connectivity index (χ4v) is 3.55. The molecule has 0 radical (unpaired) electrons. The number of nitrogen functional groups attached to an aromatic ring is 1. The third kappa shape index (κ3) is 3.70. The molecule has 0 bridgehead atoms. The van der Waals surface area contributed by atoms with Crippen LogP contribution in [-0.4, -0.2) is 39.5 Å². The number of aliphatic hydroxyl groups excluding tert-OH is 1. The zero-order valence-corrected chi connectivity index (χ0v) is 17.1. The van der Waals surface area contributed by atoms with Gasteiger partial charge in [0.1, 0.15) is 5.82 Å². The number of anilines is 1. The Labute approximate surface area is 185 Å². The first-order valence-electron chi connectivity index (χ1n) is 9.93. The van der Waals surface area contributed by atoms with E-state index >= 15 is 0 Å². The Balaban J connectivity index is 1.79. The lowest BCUT2D eigenvalue weighted by molar-refractivity contribution is 0.275. The summed E-state index contributed by atoms with van der Waals surface area (Å²) in [4.78, 5) is 21.7. The van der Waals surface area contributed by atoms with E-state index in [1.165, 1.54) is 27.4 Å². The van der Waals surface area contributed by atoms with E-state index in [4.69, 9.17) is 5.73 Å². The van der Waals surface area contributed by atoms with Crippen LogP contribution < -0.4 is 11.4 Å². The molecule has 0 saturated carbocycles. The molecule has 0 amide bonds. The maximum Gasteiger partial charge on any atom is 0.353 e. The van der Waals surface area contributed by atoms with Gasteiger partial charge in [-0.2, -0.15) is 10.2 Å². The smallest absolute Gasteiger partial charge is 0.353 e. The molecule has 0 aliphatic carbocycles. The van der Waals surface area contributed by atoms with Crippen LogP contribution >= 0.6 is 0 Å². The van der Waals surface area contributed by atoms with E-state index in [1.807, 2.05) is 30.3 Å². The number of hydrogen-bond acceptors (Lipinski definition) is 8. The number of pyridine rings is 1. The fraction of sp³-hybridized carbons (Fsp3) is 0.0909. The van der Waals surface area contributed by atoms with Gasteiger partial charge in [0.25, 0.3) is 0 Å². The van der Waals surface area contributed by atoms with Crippen molar-refractivity contribution < 1.29 is 9.50 Å². The molecule has 3 N–H and O–H groups in total. The highest BCUT2D eigenvalue weighted by Crippen LogP contribution is 2.34. The molecule has 164 valence electrons. The Morgan fingerprint density at radius 2 is 1.85 bits per heavy atom. The minimum Gasteiger partial charge on any atom is -0.390 e. The van der Waals surface area contributed by atoms with Gasteiger partial charge in [0.15, 0.2) is 5.65 Å². The number of rotatable bonds is 5. The summed E-state index contributed by atoms with van der Waals surface area (Å²) in [5.41, 5.74) is 9.03. The van der Waals surface area contributed by atoms with Crippen molar-refractivity contribution in [1.82, 2.24) is 34.3 Å². The summed E-state index contributed by atoms with van der Waals surface area (Å²) < 4.78 is 15.6. The number of nitrogens with two attached hydrogens (primary N) is 1. The van der Waals surface area contributed by atoms with Gasteiger partial charge in [0.2, 0.25) is 5.95 Å². The van der Waals surface area contributed by atoms with Crippen LogP contribution in [0.2, 0.25) is 0 Å². The molecular weight excluding hydrogens is 427 g/mol. The number of benzene rings is 1. The zero-order valence-electron chi connectivity index (χ0n) is 17.1. The number of aliphatic hydroxyl groups is 1. The zero-order chi connectivity index (χ0) is 22.9. The third-order valence-corrected chi connectivity index (χ3v) is 5.06. The maximum absolute atomic E-state index is 13.2. The summed E-state index contributed by atoms with van der Waals surface area (Å²) in [6.45, 7) is -0.297. The van der Waals surface area contributed by atoms with E-state index in [9.17, 15) is 14.3 Å². The molecule has 0 saturated heterocycles. The molecule has 33 heavy (non-hydrogen) atoms. The molecule has 5 rings (SSSR count). The van der Waals surface area contributed by atoms with E-state index in [0.29, 0.717) is 28.2 Å². The largest absolute Gasteiger partial charge is 0.390 e. The summed E-state index contributed by atoms with van der Waals surface area (Å²) >= 11 is 0. The van der Waals surface area contributed by atoms with Gasteiger partial charge in [-0.15, -0.1) is 5.10 Å². The van der Waals surface area contributed by atoms with Crippen molar-refractivity contribution in [2.24, 2.45) is 0 Å². The molecule has 0 fully saturated rings. The second kappa shape index (κ2) is 8.20. The van der Waals surface area contributed by atoms with Crippen LogP contribution in [0, 0.1) is 5.82 Å². The van der Waals surface area contributed by atoms with Gasteiger partial charge < -0.3 is 10.8 Å². The van der Waals surface area contributed by atoms with E-state index in [2.05, 4.69) is 25.3 Å². The Morgan fingerprint density at radius 3 is 2.58 bits per heavy atom. The number of fused-ring (bicyclic) bond motifs is 1. The number of aromatic nitrogens is 7. The summed E-state index contributed by atoms with van der Waals surface area (Å²) in [5.74, 6) is -0.519. The average Bonchev–Trinajstić information content (AvgIpc) is 3.17. The molecule has 0 unspecified atom stereocenters. The van der Waals surface area contributed by atoms with Crippen LogP contribution in [0.3, 0.4) is 0 Å². The van der Waals surface area contributed by atoms with E-state index in [1.54, 1.807) is 6.07 Å². The van der Waals surface area contributed by atoms with Crippen molar-refractivity contribution in [2.75, 3.05) is 5.73 Å². The summed E-state index contributed by atoms with van der Waals surface area (Å²) in [6, 6.07) is 13.7. The Kier molecular flexibility index (Phi) is 5.07. The highest BCUT2D eigenvalue weighted by Gasteiger charge is 2.22. The Bertz CT molecular complexity index is 1510. The maximum atomic E-state index is 13.2. The molecule has 4 aromatic heterocycles. The molecule has 0 spiro atoms. The van der Waals surface area contributed by atoms with Crippen molar-refractivity contribution >= 4 is 11.6 Å². The van der Waals surface area contributed by atoms with Crippen molar-refractivity contribution in [1.29, 1.82) is 0 Å². The minimum atomic E-state index is -0.522. The van der Waals surface area contributed by atoms with Gasteiger partial charge >= 0.3 is 5.69 Å². The Morgan fingerprint density at radius 1 is 1.03 bits per heavy atom. The highest BCUT2D eigenvalue weighted by molar-refractivity contribution is 5.90. The molecule has 0 atom stereocenters. The van der Waals surface area contributed by atoms with Gasteiger partial charge in [-0.25, -0.2) is 23.3 Å². The molecule has 5 aromatic rings. The quantitative estimate of drug-likeness (QED) is 0.418. The predicted octanol–water partition coefficient (Wildman–Crippen LogP) is 1.67. The minimum absolute atomic E-state index is 0.0107. The van der Waals surface area contributed by atoms with E-state index < -0.39 is 11.5 Å². The second-order valence-electron chi connectivity index (χ2n) is 7.22. The van der Waals surface area contributed by atoms with Crippen LogP contribution in [0.1, 0.15) is 11.4 Å². The molecule has 0 aliphatic rings. The van der Waals surface area contributed by atoms with E-state index in [-0.39, 0.29) is 24.7 Å². The van der Waals surface area contributed by atoms with Crippen LogP contribution in [0.25, 0.3) is 28.0 Å². The number of nitrogens with zero attached hydrogens (tertiary/aromatic N) is 7. The lowest BCUT2D eigenvalue weighted by Gasteiger charge is -2.12. The summed E-state index contributed by atoms with van der Waals surface area (Å²) in [7, 11) is 0. The van der Waals surface area contributed by atoms with Gasteiger partial charge in [0.05, 0.1) is 48.2 Å². The summed E-state index contributed by atoms with van der Waals surface area (Å²) in [6.07, 6.45) is 2.58. The van der Waals surface area contributed by atoms with Crippen LogP contribution in [-0.2, 0) is 13.2 Å². The lowest BCUT2D eigenvalue weighted by atomic mass is 10.0. The number of hydrogen-bond donors (Lipinski definition) is 2. The molecule has 11 heteroatoms. The van der Waals surface area contributed by atoms with Gasteiger partial charge in [-0.05, 0) is 18.2 Å². The first-order chi connectivity index (χ1) is 16.0. The first-order valence-corrected chi connectivity index (χ1v) is 9.93. The summed E-state index contributed by atoms with van der Waals surface area (Å²) in [5, 5.41) is 21.9. The van der Waals surface area contributed by atoms with Crippen molar-refractivity contribution in [3.63, 3.8) is 0 Å². The topological polar surface area (TPSA) is 137 Å². The SMILES string of the molecule is Nc1nc(-c2ccccc2)c(-c2cnnc(CO)c2)c2nn(Cc3ccc(F)cn3)c(=O)n12.